The lowest BCUT2D eigenvalue weighted by atomic mass is 10.2. The van der Waals surface area contributed by atoms with Gasteiger partial charge >= 0.3 is 5.97 Å². The summed E-state index contributed by atoms with van der Waals surface area (Å²) in [6, 6.07) is 14.5. The maximum atomic E-state index is 12.3. The van der Waals surface area contributed by atoms with Crippen LogP contribution in [0, 0.1) is 11.3 Å². The first-order chi connectivity index (χ1) is 13.4. The van der Waals surface area contributed by atoms with Crippen molar-refractivity contribution in [3.63, 3.8) is 0 Å². The molecular weight excluding hydrogens is 362 g/mol. The molecule has 28 heavy (non-hydrogen) atoms. The Kier molecular flexibility index (Phi) is 7.11. The first kappa shape index (κ1) is 20.5. The molecule has 0 aliphatic carbocycles. The molecular formula is C20H19N3O5. The number of methoxy groups -OCH3 is 1. The molecule has 0 aliphatic heterocycles. The van der Waals surface area contributed by atoms with Gasteiger partial charge < -0.3 is 20.1 Å². The number of carbonyl (C=O) groups excluding carboxylic acids is 3. The predicted molar refractivity (Wildman–Crippen MR) is 102 cm³/mol. The van der Waals surface area contributed by atoms with Gasteiger partial charge in [-0.05, 0) is 43.3 Å². The van der Waals surface area contributed by atoms with Crippen molar-refractivity contribution >= 4 is 29.2 Å². The third-order valence-electron chi connectivity index (χ3n) is 3.66. The molecule has 1 unspecified atom stereocenters. The van der Waals surface area contributed by atoms with E-state index in [0.717, 1.165) is 0 Å². The lowest BCUT2D eigenvalue weighted by Crippen LogP contribution is -2.30. The molecule has 2 amide bonds. The average molecular weight is 381 g/mol. The minimum Gasteiger partial charge on any atom is -0.495 e. The summed E-state index contributed by atoms with van der Waals surface area (Å²) in [5.41, 5.74) is 1.13. The van der Waals surface area contributed by atoms with Crippen molar-refractivity contribution in [1.82, 2.24) is 0 Å². The molecule has 0 saturated carbocycles. The van der Waals surface area contributed by atoms with Crippen molar-refractivity contribution in [2.24, 2.45) is 0 Å². The molecule has 0 aromatic heterocycles. The standard InChI is InChI=1S/C20H19N3O5/c1-13(19(25)23-16-5-3-4-6-17(16)27-2)28-20(26)14-7-9-15(10-8-14)22-18(24)11-12-21/h3-10,13H,11H2,1-2H3,(H,22,24)(H,23,25). The van der Waals surface area contributed by atoms with Crippen LogP contribution in [0.1, 0.15) is 23.7 Å². The van der Waals surface area contributed by atoms with E-state index in [0.29, 0.717) is 17.1 Å². The lowest BCUT2D eigenvalue weighted by molar-refractivity contribution is -0.123. The Morgan fingerprint density at radius 3 is 2.39 bits per heavy atom. The van der Waals surface area contributed by atoms with Crippen LogP contribution in [-0.2, 0) is 14.3 Å². The number of rotatable bonds is 7. The summed E-state index contributed by atoms with van der Waals surface area (Å²) >= 11 is 0. The summed E-state index contributed by atoms with van der Waals surface area (Å²) < 4.78 is 10.3. The van der Waals surface area contributed by atoms with Gasteiger partial charge in [0.2, 0.25) is 5.91 Å². The third kappa shape index (κ3) is 5.57. The van der Waals surface area contributed by atoms with Crippen LogP contribution in [0.5, 0.6) is 5.75 Å². The molecule has 0 radical (unpaired) electrons. The maximum absolute atomic E-state index is 12.3. The molecule has 2 rings (SSSR count). The van der Waals surface area contributed by atoms with Crippen LogP contribution >= 0.6 is 0 Å². The summed E-state index contributed by atoms with van der Waals surface area (Å²) in [6.45, 7) is 1.46. The summed E-state index contributed by atoms with van der Waals surface area (Å²) in [5.74, 6) is -1.14. The zero-order valence-corrected chi connectivity index (χ0v) is 15.4. The van der Waals surface area contributed by atoms with E-state index < -0.39 is 23.9 Å². The molecule has 0 spiro atoms. The van der Waals surface area contributed by atoms with E-state index in [1.54, 1.807) is 30.3 Å². The number of nitrogens with zero attached hydrogens (tertiary/aromatic N) is 1. The summed E-state index contributed by atoms with van der Waals surface area (Å²) in [6.07, 6.45) is -1.30. The second kappa shape index (κ2) is 9.73. The second-order valence-electron chi connectivity index (χ2n) is 5.70. The Hall–Kier alpha value is -3.86. The van der Waals surface area contributed by atoms with E-state index in [-0.39, 0.29) is 12.0 Å². The summed E-state index contributed by atoms with van der Waals surface area (Å²) in [7, 11) is 1.49. The van der Waals surface area contributed by atoms with Crippen molar-refractivity contribution in [3.05, 3.63) is 54.1 Å². The number of carbonyl (C=O) groups is 3. The normalized spacial score (nSPS) is 10.9. The van der Waals surface area contributed by atoms with Gasteiger partial charge in [0, 0.05) is 5.69 Å². The molecule has 8 nitrogen and oxygen atoms in total. The van der Waals surface area contributed by atoms with Crippen LogP contribution in [0.3, 0.4) is 0 Å². The number of nitriles is 1. The first-order valence-corrected chi connectivity index (χ1v) is 8.36. The van der Waals surface area contributed by atoms with Gasteiger partial charge in [0.25, 0.3) is 5.91 Å². The van der Waals surface area contributed by atoms with E-state index in [1.807, 2.05) is 0 Å². The molecule has 2 N–H and O–H groups in total. The van der Waals surface area contributed by atoms with Crippen LogP contribution in [0.15, 0.2) is 48.5 Å². The van der Waals surface area contributed by atoms with Crippen LogP contribution < -0.4 is 15.4 Å². The van der Waals surface area contributed by atoms with Crippen LogP contribution in [0.25, 0.3) is 0 Å². The monoisotopic (exact) mass is 381 g/mol. The molecule has 0 bridgehead atoms. The van der Waals surface area contributed by atoms with Crippen LogP contribution in [0.4, 0.5) is 11.4 Å². The molecule has 0 aliphatic rings. The summed E-state index contributed by atoms with van der Waals surface area (Å²) in [5, 5.41) is 13.6. The molecule has 0 heterocycles. The van der Waals surface area contributed by atoms with Gasteiger partial charge in [-0.2, -0.15) is 5.26 Å². The smallest absolute Gasteiger partial charge is 0.338 e. The van der Waals surface area contributed by atoms with Crippen molar-refractivity contribution in [3.8, 4) is 11.8 Å². The minimum absolute atomic E-state index is 0.218. The molecule has 0 fully saturated rings. The molecule has 1 atom stereocenters. The highest BCUT2D eigenvalue weighted by Gasteiger charge is 2.20. The maximum Gasteiger partial charge on any atom is 0.338 e. The number of hydrogen-bond donors (Lipinski definition) is 2. The first-order valence-electron chi connectivity index (χ1n) is 8.36. The fourth-order valence-corrected chi connectivity index (χ4v) is 2.23. The number of nitrogens with one attached hydrogen (secondary N) is 2. The van der Waals surface area contributed by atoms with Gasteiger partial charge in [-0.25, -0.2) is 4.79 Å². The van der Waals surface area contributed by atoms with Gasteiger partial charge in [-0.1, -0.05) is 12.1 Å². The fourth-order valence-electron chi connectivity index (χ4n) is 2.23. The number of ether oxygens (including phenoxy) is 2. The Morgan fingerprint density at radius 2 is 1.75 bits per heavy atom. The lowest BCUT2D eigenvalue weighted by Gasteiger charge is -2.15. The SMILES string of the molecule is COc1ccccc1NC(=O)C(C)OC(=O)c1ccc(NC(=O)CC#N)cc1. The van der Waals surface area contributed by atoms with E-state index in [9.17, 15) is 14.4 Å². The minimum atomic E-state index is -1.03. The van der Waals surface area contributed by atoms with Crippen molar-refractivity contribution in [2.75, 3.05) is 17.7 Å². The largest absolute Gasteiger partial charge is 0.495 e. The number of amides is 2. The average Bonchev–Trinajstić information content (AvgIpc) is 2.69. The Labute approximate surface area is 162 Å². The van der Waals surface area contributed by atoms with Gasteiger partial charge in [-0.3, -0.25) is 9.59 Å². The Morgan fingerprint density at radius 1 is 1.07 bits per heavy atom. The zero-order valence-electron chi connectivity index (χ0n) is 15.4. The van der Waals surface area contributed by atoms with Crippen molar-refractivity contribution in [1.29, 1.82) is 5.26 Å². The topological polar surface area (TPSA) is 118 Å². The van der Waals surface area contributed by atoms with Gasteiger partial charge in [0.1, 0.15) is 12.2 Å². The molecule has 2 aromatic carbocycles. The molecule has 144 valence electrons. The van der Waals surface area contributed by atoms with E-state index >= 15 is 0 Å². The fraction of sp³-hybridized carbons (Fsp3) is 0.200. The third-order valence-corrected chi connectivity index (χ3v) is 3.66. The van der Waals surface area contributed by atoms with E-state index in [1.165, 1.54) is 38.3 Å². The van der Waals surface area contributed by atoms with E-state index in [4.69, 9.17) is 14.7 Å². The highest BCUT2D eigenvalue weighted by atomic mass is 16.5. The quantitative estimate of drug-likeness (QED) is 0.712. The van der Waals surface area contributed by atoms with Gasteiger partial charge in [0.15, 0.2) is 6.10 Å². The van der Waals surface area contributed by atoms with Crippen molar-refractivity contribution in [2.45, 2.75) is 19.4 Å². The Bertz CT molecular complexity index is 903. The number of anilines is 2. The van der Waals surface area contributed by atoms with Crippen LogP contribution in [-0.4, -0.2) is 31.0 Å². The Balaban J connectivity index is 1.95. The number of esters is 1. The summed E-state index contributed by atoms with van der Waals surface area (Å²) in [4.78, 5) is 35.8. The second-order valence-corrected chi connectivity index (χ2v) is 5.70. The van der Waals surface area contributed by atoms with E-state index in [2.05, 4.69) is 10.6 Å². The molecule has 0 saturated heterocycles. The van der Waals surface area contributed by atoms with Crippen LogP contribution in [0.2, 0.25) is 0 Å². The highest BCUT2D eigenvalue weighted by Crippen LogP contribution is 2.23. The predicted octanol–water partition coefficient (Wildman–Crippen LogP) is 2.73. The number of hydrogen-bond acceptors (Lipinski definition) is 6. The zero-order chi connectivity index (χ0) is 20.5. The number of benzene rings is 2. The van der Waals surface area contributed by atoms with Crippen molar-refractivity contribution < 1.29 is 23.9 Å². The molecule has 8 heteroatoms. The highest BCUT2D eigenvalue weighted by molar-refractivity contribution is 5.98. The van der Waals surface area contributed by atoms with Gasteiger partial charge in [-0.15, -0.1) is 0 Å². The number of para-hydroxylation sites is 2. The molecule has 2 aromatic rings. The van der Waals surface area contributed by atoms with Gasteiger partial charge in [0.05, 0.1) is 24.4 Å².